The fraction of sp³-hybridized carbons (Fsp3) is 0.364. The van der Waals surface area contributed by atoms with Gasteiger partial charge < -0.3 is 19.7 Å². The van der Waals surface area contributed by atoms with Gasteiger partial charge in [0.25, 0.3) is 0 Å². The van der Waals surface area contributed by atoms with E-state index < -0.39 is 17.9 Å². The normalized spacial score (nSPS) is 17.9. The Labute approximate surface area is 106 Å². The number of carboxylic acid groups (broad SMARTS) is 1. The van der Waals surface area contributed by atoms with Crippen LogP contribution >= 0.6 is 15.9 Å². The molecule has 1 atom stereocenters. The van der Waals surface area contributed by atoms with Crippen molar-refractivity contribution in [2.45, 2.75) is 25.7 Å². The number of aliphatic carboxylic acids is 1. The monoisotopic (exact) mass is 302 g/mol. The van der Waals surface area contributed by atoms with Crippen molar-refractivity contribution in [2.24, 2.45) is 0 Å². The second kappa shape index (κ2) is 3.89. The van der Waals surface area contributed by atoms with Gasteiger partial charge in [-0.25, -0.2) is 4.79 Å². The molecule has 2 N–H and O–H groups in total. The Balaban J connectivity index is 2.44. The molecular formula is C11H11BrO5. The van der Waals surface area contributed by atoms with Gasteiger partial charge in [-0.15, -0.1) is 0 Å². The zero-order valence-corrected chi connectivity index (χ0v) is 10.8. The molecule has 92 valence electrons. The Morgan fingerprint density at radius 3 is 2.41 bits per heavy atom. The maximum atomic E-state index is 10.7. The molecule has 0 saturated heterocycles. The molecule has 17 heavy (non-hydrogen) atoms. The van der Waals surface area contributed by atoms with E-state index in [4.69, 9.17) is 14.6 Å². The second-order valence-corrected chi connectivity index (χ2v) is 5.02. The van der Waals surface area contributed by atoms with Crippen LogP contribution in [0.15, 0.2) is 16.6 Å². The lowest BCUT2D eigenvalue weighted by atomic mass is 10.1. The van der Waals surface area contributed by atoms with Gasteiger partial charge in [0.05, 0.1) is 0 Å². The van der Waals surface area contributed by atoms with E-state index in [1.165, 1.54) is 6.07 Å². The van der Waals surface area contributed by atoms with Gasteiger partial charge in [0, 0.05) is 23.9 Å². The Kier molecular flexibility index (Phi) is 2.79. The van der Waals surface area contributed by atoms with Crippen LogP contribution in [-0.4, -0.2) is 22.0 Å². The highest BCUT2D eigenvalue weighted by molar-refractivity contribution is 9.10. The summed E-state index contributed by atoms with van der Waals surface area (Å²) in [6, 6.07) is 3.05. The molecule has 6 heteroatoms. The minimum Gasteiger partial charge on any atom is -0.479 e. The fourth-order valence-electron chi connectivity index (χ4n) is 1.60. The van der Waals surface area contributed by atoms with Crippen LogP contribution in [0.25, 0.3) is 0 Å². The number of ether oxygens (including phenoxy) is 2. The summed E-state index contributed by atoms with van der Waals surface area (Å²) in [5.74, 6) is -1.16. The molecule has 0 amide bonds. The van der Waals surface area contributed by atoms with Crippen molar-refractivity contribution >= 4 is 21.9 Å². The molecule has 0 radical (unpaired) electrons. The lowest BCUT2D eigenvalue weighted by Gasteiger charge is -2.16. The fourth-order valence-corrected chi connectivity index (χ4v) is 2.14. The second-order valence-electron chi connectivity index (χ2n) is 4.17. The van der Waals surface area contributed by atoms with Gasteiger partial charge in [0.15, 0.2) is 17.6 Å². The SMILES string of the molecule is CC1(C)Oc2cc(Br)c(C(O)C(=O)O)cc2O1. The number of halogens is 1. The molecule has 0 spiro atoms. The van der Waals surface area contributed by atoms with Crippen molar-refractivity contribution in [1.29, 1.82) is 0 Å². The number of aliphatic hydroxyl groups excluding tert-OH is 1. The number of hydrogen-bond donors (Lipinski definition) is 2. The van der Waals surface area contributed by atoms with E-state index in [9.17, 15) is 9.90 Å². The number of carboxylic acids is 1. The molecular weight excluding hydrogens is 292 g/mol. The molecule has 1 unspecified atom stereocenters. The number of aliphatic hydroxyl groups is 1. The Morgan fingerprint density at radius 1 is 1.35 bits per heavy atom. The number of rotatable bonds is 2. The van der Waals surface area contributed by atoms with E-state index in [0.717, 1.165) is 0 Å². The van der Waals surface area contributed by atoms with Crippen molar-refractivity contribution in [3.05, 3.63) is 22.2 Å². The van der Waals surface area contributed by atoms with Gasteiger partial charge in [-0.3, -0.25) is 0 Å². The summed E-state index contributed by atoms with van der Waals surface area (Å²) in [6.45, 7) is 3.49. The Hall–Kier alpha value is -1.27. The summed E-state index contributed by atoms with van der Waals surface area (Å²) in [7, 11) is 0. The summed E-state index contributed by atoms with van der Waals surface area (Å²) in [5.41, 5.74) is 0.234. The molecule has 1 aromatic rings. The van der Waals surface area contributed by atoms with E-state index in [2.05, 4.69) is 15.9 Å². The van der Waals surface area contributed by atoms with Crippen LogP contribution in [0.4, 0.5) is 0 Å². The van der Waals surface area contributed by atoms with Crippen molar-refractivity contribution in [3.8, 4) is 11.5 Å². The van der Waals surface area contributed by atoms with Crippen LogP contribution in [0.2, 0.25) is 0 Å². The van der Waals surface area contributed by atoms with Gasteiger partial charge in [-0.05, 0) is 12.1 Å². The van der Waals surface area contributed by atoms with Crippen LogP contribution < -0.4 is 9.47 Å². The summed E-state index contributed by atoms with van der Waals surface area (Å²) >= 11 is 3.20. The largest absolute Gasteiger partial charge is 0.479 e. The van der Waals surface area contributed by atoms with Gasteiger partial charge in [0.2, 0.25) is 5.79 Å². The van der Waals surface area contributed by atoms with Crippen LogP contribution in [0.5, 0.6) is 11.5 Å². The van der Waals surface area contributed by atoms with Crippen molar-refractivity contribution in [1.82, 2.24) is 0 Å². The highest BCUT2D eigenvalue weighted by Gasteiger charge is 2.33. The topological polar surface area (TPSA) is 76.0 Å². The molecule has 1 aliphatic heterocycles. The van der Waals surface area contributed by atoms with Crippen LogP contribution in [0, 0.1) is 0 Å². The van der Waals surface area contributed by atoms with E-state index in [-0.39, 0.29) is 5.56 Å². The first-order chi connectivity index (χ1) is 7.80. The molecule has 1 aliphatic rings. The zero-order valence-electron chi connectivity index (χ0n) is 9.23. The summed E-state index contributed by atoms with van der Waals surface area (Å²) in [4.78, 5) is 10.7. The first-order valence-corrected chi connectivity index (χ1v) is 5.72. The van der Waals surface area contributed by atoms with Crippen LogP contribution in [0.1, 0.15) is 25.5 Å². The number of hydrogen-bond acceptors (Lipinski definition) is 4. The molecule has 0 aromatic heterocycles. The average molecular weight is 303 g/mol. The molecule has 0 aliphatic carbocycles. The molecule has 0 fully saturated rings. The van der Waals surface area contributed by atoms with Gasteiger partial charge >= 0.3 is 5.97 Å². The summed E-state index contributed by atoms with van der Waals surface area (Å²) in [5, 5.41) is 18.3. The lowest BCUT2D eigenvalue weighted by Crippen LogP contribution is -2.29. The predicted molar refractivity (Wildman–Crippen MR) is 62.1 cm³/mol. The van der Waals surface area contributed by atoms with E-state index >= 15 is 0 Å². The average Bonchev–Trinajstić information content (AvgIpc) is 2.48. The highest BCUT2D eigenvalue weighted by Crippen LogP contribution is 2.43. The third-order valence-corrected chi connectivity index (χ3v) is 2.99. The standard InChI is InChI=1S/C11H11BrO5/c1-11(2)16-7-3-5(9(13)10(14)15)6(12)4-8(7)17-11/h3-4,9,13H,1-2H3,(H,14,15). The third-order valence-electron chi connectivity index (χ3n) is 2.30. The minimum atomic E-state index is -1.60. The van der Waals surface area contributed by atoms with Gasteiger partial charge in [-0.1, -0.05) is 15.9 Å². The van der Waals surface area contributed by atoms with Crippen molar-refractivity contribution in [2.75, 3.05) is 0 Å². The maximum absolute atomic E-state index is 10.7. The van der Waals surface area contributed by atoms with E-state index in [1.54, 1.807) is 19.9 Å². The Morgan fingerprint density at radius 2 is 1.88 bits per heavy atom. The molecule has 0 saturated carbocycles. The zero-order chi connectivity index (χ0) is 12.8. The van der Waals surface area contributed by atoms with Gasteiger partial charge in [0.1, 0.15) is 0 Å². The highest BCUT2D eigenvalue weighted by atomic mass is 79.9. The molecule has 1 heterocycles. The first kappa shape index (κ1) is 12.2. The third kappa shape index (κ3) is 2.23. The van der Waals surface area contributed by atoms with E-state index in [0.29, 0.717) is 16.0 Å². The quantitative estimate of drug-likeness (QED) is 0.875. The molecule has 0 bridgehead atoms. The molecule has 2 rings (SSSR count). The van der Waals surface area contributed by atoms with E-state index in [1.807, 2.05) is 0 Å². The summed E-state index contributed by atoms with van der Waals surface area (Å²) < 4.78 is 11.4. The number of benzene rings is 1. The van der Waals surface area contributed by atoms with Crippen LogP contribution in [-0.2, 0) is 4.79 Å². The first-order valence-electron chi connectivity index (χ1n) is 4.92. The number of fused-ring (bicyclic) bond motifs is 1. The van der Waals surface area contributed by atoms with Crippen molar-refractivity contribution < 1.29 is 24.5 Å². The van der Waals surface area contributed by atoms with Crippen molar-refractivity contribution in [3.63, 3.8) is 0 Å². The maximum Gasteiger partial charge on any atom is 0.337 e. The minimum absolute atomic E-state index is 0.234. The van der Waals surface area contributed by atoms with Crippen LogP contribution in [0.3, 0.4) is 0 Å². The van der Waals surface area contributed by atoms with Gasteiger partial charge in [-0.2, -0.15) is 0 Å². The molecule has 5 nitrogen and oxygen atoms in total. The summed E-state index contributed by atoms with van der Waals surface area (Å²) in [6.07, 6.45) is -1.60. The Bertz CT molecular complexity index is 483. The molecule has 1 aromatic carbocycles. The predicted octanol–water partition coefficient (Wildman–Crippen LogP) is 2.07. The lowest BCUT2D eigenvalue weighted by molar-refractivity contribution is -0.147. The smallest absolute Gasteiger partial charge is 0.337 e. The number of carbonyl (C=O) groups is 1.